The fourth-order valence-corrected chi connectivity index (χ4v) is 2.24. The lowest BCUT2D eigenvalue weighted by Gasteiger charge is -2.03. The van der Waals surface area contributed by atoms with Gasteiger partial charge in [0.25, 0.3) is 0 Å². The molecule has 0 spiro atoms. The molecule has 0 aliphatic carbocycles. The maximum atomic E-state index is 12.1. The summed E-state index contributed by atoms with van der Waals surface area (Å²) in [7, 11) is 0. The van der Waals surface area contributed by atoms with Gasteiger partial charge in [-0.05, 0) is 37.3 Å². The zero-order valence-electron chi connectivity index (χ0n) is 9.94. The number of furan rings is 1. The molecule has 1 N–H and O–H groups in total. The van der Waals surface area contributed by atoms with E-state index in [2.05, 4.69) is 15.9 Å². The standard InChI is InChI=1S/C14H9BrO4/c1-7-2-4-11(18-7)14-13(17)12(16)9-6-8(15)3-5-10(9)19-14/h2-6,17H,1H3. The zero-order valence-corrected chi connectivity index (χ0v) is 11.5. The van der Waals surface area contributed by atoms with Gasteiger partial charge in [0.1, 0.15) is 11.3 Å². The average molecular weight is 321 g/mol. The van der Waals surface area contributed by atoms with Crippen molar-refractivity contribution >= 4 is 26.9 Å². The highest BCUT2D eigenvalue weighted by molar-refractivity contribution is 9.10. The molecule has 0 unspecified atom stereocenters. The molecule has 0 radical (unpaired) electrons. The molecule has 5 heteroatoms. The van der Waals surface area contributed by atoms with Crippen LogP contribution in [0.5, 0.6) is 5.75 Å². The Labute approximate surface area is 116 Å². The fraction of sp³-hybridized carbons (Fsp3) is 0.0714. The lowest BCUT2D eigenvalue weighted by atomic mass is 10.2. The number of fused-ring (bicyclic) bond motifs is 1. The average Bonchev–Trinajstić information content (AvgIpc) is 2.81. The number of aryl methyl sites for hydroxylation is 1. The van der Waals surface area contributed by atoms with Gasteiger partial charge in [0.05, 0.1) is 5.39 Å². The first-order valence-corrected chi connectivity index (χ1v) is 6.37. The first-order valence-electron chi connectivity index (χ1n) is 5.58. The smallest absolute Gasteiger partial charge is 0.235 e. The summed E-state index contributed by atoms with van der Waals surface area (Å²) in [4.78, 5) is 12.1. The second-order valence-electron chi connectivity index (χ2n) is 4.16. The van der Waals surface area contributed by atoms with Gasteiger partial charge in [0.2, 0.25) is 16.9 Å². The Hall–Kier alpha value is -2.01. The summed E-state index contributed by atoms with van der Waals surface area (Å²) < 4.78 is 11.7. The van der Waals surface area contributed by atoms with E-state index in [9.17, 15) is 9.90 Å². The van der Waals surface area contributed by atoms with E-state index >= 15 is 0 Å². The van der Waals surface area contributed by atoms with Crippen LogP contribution in [0.4, 0.5) is 0 Å². The molecule has 3 rings (SSSR count). The van der Waals surface area contributed by atoms with Gasteiger partial charge in [0, 0.05) is 4.47 Å². The minimum Gasteiger partial charge on any atom is -0.501 e. The molecular weight excluding hydrogens is 312 g/mol. The van der Waals surface area contributed by atoms with E-state index in [-0.39, 0.29) is 5.76 Å². The molecule has 0 fully saturated rings. The summed E-state index contributed by atoms with van der Waals surface area (Å²) >= 11 is 3.28. The van der Waals surface area contributed by atoms with Crippen molar-refractivity contribution in [2.24, 2.45) is 0 Å². The molecular formula is C14H9BrO4. The van der Waals surface area contributed by atoms with Crippen LogP contribution in [-0.2, 0) is 0 Å². The van der Waals surface area contributed by atoms with E-state index in [0.717, 1.165) is 4.47 Å². The minimum absolute atomic E-state index is 0.0490. The Bertz CT molecular complexity index is 829. The topological polar surface area (TPSA) is 63.6 Å². The highest BCUT2D eigenvalue weighted by Gasteiger charge is 2.17. The van der Waals surface area contributed by atoms with Crippen LogP contribution in [0, 0.1) is 6.92 Å². The predicted molar refractivity (Wildman–Crippen MR) is 74.3 cm³/mol. The third kappa shape index (κ3) is 1.96. The highest BCUT2D eigenvalue weighted by atomic mass is 79.9. The molecule has 4 nitrogen and oxygen atoms in total. The van der Waals surface area contributed by atoms with E-state index in [1.54, 1.807) is 37.3 Å². The monoisotopic (exact) mass is 320 g/mol. The fourth-order valence-electron chi connectivity index (χ4n) is 1.88. The van der Waals surface area contributed by atoms with Gasteiger partial charge < -0.3 is 13.9 Å². The van der Waals surface area contributed by atoms with Crippen molar-refractivity contribution in [1.29, 1.82) is 0 Å². The van der Waals surface area contributed by atoms with E-state index in [1.165, 1.54) is 0 Å². The number of aromatic hydroxyl groups is 1. The van der Waals surface area contributed by atoms with Crippen LogP contribution in [0.15, 0.2) is 48.4 Å². The predicted octanol–water partition coefficient (Wildman–Crippen LogP) is 3.83. The molecule has 0 bridgehead atoms. The van der Waals surface area contributed by atoms with Crippen LogP contribution in [0.2, 0.25) is 0 Å². The van der Waals surface area contributed by atoms with Crippen molar-refractivity contribution in [3.05, 3.63) is 50.8 Å². The van der Waals surface area contributed by atoms with E-state index in [1.807, 2.05) is 0 Å². The third-order valence-electron chi connectivity index (χ3n) is 2.79. The van der Waals surface area contributed by atoms with Crippen LogP contribution in [0.3, 0.4) is 0 Å². The van der Waals surface area contributed by atoms with Crippen molar-refractivity contribution in [3.8, 4) is 17.3 Å². The Morgan fingerprint density at radius 3 is 2.63 bits per heavy atom. The van der Waals surface area contributed by atoms with Gasteiger partial charge in [0.15, 0.2) is 5.76 Å². The van der Waals surface area contributed by atoms with Crippen molar-refractivity contribution < 1.29 is 13.9 Å². The summed E-state index contributed by atoms with van der Waals surface area (Å²) in [6, 6.07) is 8.43. The van der Waals surface area contributed by atoms with Crippen LogP contribution >= 0.6 is 15.9 Å². The lowest BCUT2D eigenvalue weighted by Crippen LogP contribution is -2.02. The number of hydrogen-bond acceptors (Lipinski definition) is 4. The van der Waals surface area contributed by atoms with Crippen LogP contribution in [0.1, 0.15) is 5.76 Å². The van der Waals surface area contributed by atoms with Gasteiger partial charge in [-0.1, -0.05) is 15.9 Å². The summed E-state index contributed by atoms with van der Waals surface area (Å²) in [5.74, 6) is 0.609. The summed E-state index contributed by atoms with van der Waals surface area (Å²) in [6.07, 6.45) is 0. The van der Waals surface area contributed by atoms with Crippen molar-refractivity contribution in [2.45, 2.75) is 6.92 Å². The summed E-state index contributed by atoms with van der Waals surface area (Å²) in [5.41, 5.74) is -0.0818. The van der Waals surface area contributed by atoms with Crippen molar-refractivity contribution in [3.63, 3.8) is 0 Å². The lowest BCUT2D eigenvalue weighted by molar-refractivity contribution is 0.437. The molecule has 19 heavy (non-hydrogen) atoms. The second-order valence-corrected chi connectivity index (χ2v) is 5.08. The molecule has 1 aromatic carbocycles. The second kappa shape index (κ2) is 4.28. The molecule has 2 aromatic heterocycles. The van der Waals surface area contributed by atoms with Crippen molar-refractivity contribution in [1.82, 2.24) is 0 Å². The largest absolute Gasteiger partial charge is 0.501 e. The molecule has 0 saturated carbocycles. The first kappa shape index (κ1) is 12.0. The third-order valence-corrected chi connectivity index (χ3v) is 3.29. The molecule has 0 atom stereocenters. The maximum absolute atomic E-state index is 12.1. The van der Waals surface area contributed by atoms with Crippen LogP contribution in [0.25, 0.3) is 22.5 Å². The SMILES string of the molecule is Cc1ccc(-c2oc3ccc(Br)cc3c(=O)c2O)o1. The number of benzene rings is 1. The quantitative estimate of drug-likeness (QED) is 0.740. The van der Waals surface area contributed by atoms with Gasteiger partial charge >= 0.3 is 0 Å². The van der Waals surface area contributed by atoms with E-state index < -0.39 is 11.2 Å². The molecule has 0 saturated heterocycles. The van der Waals surface area contributed by atoms with Gasteiger partial charge in [-0.25, -0.2) is 0 Å². The molecule has 0 aliphatic rings. The molecule has 96 valence electrons. The Morgan fingerprint density at radius 1 is 1.16 bits per heavy atom. The zero-order chi connectivity index (χ0) is 13.6. The minimum atomic E-state index is -0.480. The van der Waals surface area contributed by atoms with Gasteiger partial charge in [-0.15, -0.1) is 0 Å². The molecule has 0 aliphatic heterocycles. The Kier molecular flexibility index (Phi) is 2.71. The van der Waals surface area contributed by atoms with E-state index in [0.29, 0.717) is 22.5 Å². The first-order chi connectivity index (χ1) is 9.06. The molecule has 0 amide bonds. The number of halogens is 1. The molecule has 2 heterocycles. The highest BCUT2D eigenvalue weighted by Crippen LogP contribution is 2.31. The number of hydrogen-bond donors (Lipinski definition) is 1. The van der Waals surface area contributed by atoms with Gasteiger partial charge in [-0.3, -0.25) is 4.79 Å². The Balaban J connectivity index is 2.36. The van der Waals surface area contributed by atoms with Gasteiger partial charge in [-0.2, -0.15) is 0 Å². The summed E-state index contributed by atoms with van der Waals surface area (Å²) in [6.45, 7) is 1.77. The van der Waals surface area contributed by atoms with Crippen molar-refractivity contribution in [2.75, 3.05) is 0 Å². The molecule has 3 aromatic rings. The van der Waals surface area contributed by atoms with E-state index in [4.69, 9.17) is 8.83 Å². The maximum Gasteiger partial charge on any atom is 0.235 e. The van der Waals surface area contributed by atoms with Crippen LogP contribution in [-0.4, -0.2) is 5.11 Å². The normalized spacial score (nSPS) is 11.1. The Morgan fingerprint density at radius 2 is 1.95 bits per heavy atom. The number of rotatable bonds is 1. The van der Waals surface area contributed by atoms with Crippen LogP contribution < -0.4 is 5.43 Å². The summed E-state index contributed by atoms with van der Waals surface area (Å²) in [5, 5.41) is 10.3.